The zero-order valence-corrected chi connectivity index (χ0v) is 23.3. The van der Waals surface area contributed by atoms with Crippen molar-refractivity contribution >= 4 is 23.5 Å². The van der Waals surface area contributed by atoms with Gasteiger partial charge in [0, 0.05) is 38.4 Å². The molecule has 2 aromatic carbocycles. The van der Waals surface area contributed by atoms with Crippen molar-refractivity contribution in [2.75, 3.05) is 39.7 Å². The lowest BCUT2D eigenvalue weighted by atomic mass is 9.95. The molecule has 2 aromatic rings. The molecule has 0 fully saturated rings. The second-order valence-electron chi connectivity index (χ2n) is 9.47. The van der Waals surface area contributed by atoms with E-state index in [0.717, 1.165) is 16.7 Å². The number of carboxylic acid groups (broad SMARTS) is 1. The van der Waals surface area contributed by atoms with Gasteiger partial charge in [-0.3, -0.25) is 19.2 Å². The van der Waals surface area contributed by atoms with Crippen molar-refractivity contribution in [2.45, 2.75) is 51.5 Å². The first kappa shape index (κ1) is 30.3. The topological polar surface area (TPSA) is 152 Å². The Kier molecular flexibility index (Phi) is 10.7. The van der Waals surface area contributed by atoms with Crippen molar-refractivity contribution in [2.24, 2.45) is 0 Å². The van der Waals surface area contributed by atoms with E-state index < -0.39 is 12.0 Å². The number of aliphatic carboxylic acids is 1. The summed E-state index contributed by atoms with van der Waals surface area (Å²) in [6.45, 7) is 2.13. The zero-order valence-electron chi connectivity index (χ0n) is 23.3. The molecule has 0 saturated carbocycles. The summed E-state index contributed by atoms with van der Waals surface area (Å²) in [6, 6.07) is 6.57. The number of fused-ring (bicyclic) bond motifs is 3. The molecule has 0 aromatic heterocycles. The summed E-state index contributed by atoms with van der Waals surface area (Å²) in [5.74, 6) is 0.152. The molecule has 1 atom stereocenters. The molecule has 0 saturated heterocycles. The fraction of sp³-hybridized carbons (Fsp3) is 0.448. The molecular formula is C29H37N3O8. The summed E-state index contributed by atoms with van der Waals surface area (Å²) in [5.41, 5.74) is 3.21. The molecule has 216 valence electrons. The highest BCUT2D eigenvalue weighted by atomic mass is 16.5. The predicted octanol–water partition coefficient (Wildman–Crippen LogP) is 3.04. The number of rotatable bonds is 13. The van der Waals surface area contributed by atoms with Crippen LogP contribution in [-0.4, -0.2) is 57.3 Å². The minimum atomic E-state index is -0.899. The van der Waals surface area contributed by atoms with Crippen LogP contribution in [0.15, 0.2) is 29.1 Å². The standard InChI is InChI=1S/C29H37N3O8/c1-17(33)32-21-11-9-18-15-24(38-2)28(39-3)29(40-4)27(18)19-10-12-22(23(34)16-20(19)21)30-13-5-7-25(35)31-14-6-8-26(36)37/h10,12,15-16,21H,5-9,11,13-14H2,1-4H3,(H,30,34)(H,31,35)(H,32,33)(H,36,37). The molecule has 11 heteroatoms. The molecule has 2 amide bonds. The first-order valence-electron chi connectivity index (χ1n) is 13.2. The highest BCUT2D eigenvalue weighted by molar-refractivity contribution is 5.84. The summed E-state index contributed by atoms with van der Waals surface area (Å²) in [5, 5.41) is 17.5. The average molecular weight is 556 g/mol. The zero-order chi connectivity index (χ0) is 29.2. The maximum absolute atomic E-state index is 13.3. The van der Waals surface area contributed by atoms with Crippen LogP contribution in [0.4, 0.5) is 5.69 Å². The van der Waals surface area contributed by atoms with Crippen LogP contribution in [0.1, 0.15) is 56.2 Å². The van der Waals surface area contributed by atoms with Gasteiger partial charge in [-0.2, -0.15) is 0 Å². The Bertz CT molecular complexity index is 1310. The molecule has 1 aliphatic rings. The van der Waals surface area contributed by atoms with Gasteiger partial charge in [0.25, 0.3) is 0 Å². The van der Waals surface area contributed by atoms with E-state index in [1.165, 1.54) is 14.0 Å². The average Bonchev–Trinajstić information content (AvgIpc) is 3.16. The van der Waals surface area contributed by atoms with Gasteiger partial charge in [0.05, 0.1) is 33.1 Å². The summed E-state index contributed by atoms with van der Waals surface area (Å²) >= 11 is 0. The summed E-state index contributed by atoms with van der Waals surface area (Å²) in [7, 11) is 4.63. The molecule has 11 nitrogen and oxygen atoms in total. The number of carboxylic acids is 1. The van der Waals surface area contributed by atoms with Crippen molar-refractivity contribution in [3.63, 3.8) is 0 Å². The van der Waals surface area contributed by atoms with E-state index in [1.807, 2.05) is 12.1 Å². The third-order valence-corrected chi connectivity index (χ3v) is 6.70. The Balaban J connectivity index is 1.91. The van der Waals surface area contributed by atoms with Crippen molar-refractivity contribution in [3.05, 3.63) is 45.6 Å². The van der Waals surface area contributed by atoms with E-state index in [1.54, 1.807) is 26.4 Å². The number of hydrogen-bond acceptors (Lipinski definition) is 8. The van der Waals surface area contributed by atoms with E-state index in [-0.39, 0.29) is 30.1 Å². The van der Waals surface area contributed by atoms with E-state index in [2.05, 4.69) is 16.0 Å². The quantitative estimate of drug-likeness (QED) is 0.273. The van der Waals surface area contributed by atoms with Gasteiger partial charge in [0.1, 0.15) is 0 Å². The van der Waals surface area contributed by atoms with Gasteiger partial charge in [-0.15, -0.1) is 0 Å². The van der Waals surface area contributed by atoms with Crippen molar-refractivity contribution in [1.29, 1.82) is 0 Å². The number of anilines is 1. The maximum Gasteiger partial charge on any atom is 0.303 e. The monoisotopic (exact) mass is 555 g/mol. The summed E-state index contributed by atoms with van der Waals surface area (Å²) in [4.78, 5) is 48.0. The molecule has 3 rings (SSSR count). The van der Waals surface area contributed by atoms with Crippen molar-refractivity contribution in [3.8, 4) is 28.4 Å². The molecule has 40 heavy (non-hydrogen) atoms. The van der Waals surface area contributed by atoms with E-state index in [4.69, 9.17) is 19.3 Å². The second kappa shape index (κ2) is 14.2. The number of carbonyl (C=O) groups is 3. The molecule has 0 aliphatic heterocycles. The van der Waals surface area contributed by atoms with E-state index >= 15 is 0 Å². The van der Waals surface area contributed by atoms with Gasteiger partial charge >= 0.3 is 5.97 Å². The summed E-state index contributed by atoms with van der Waals surface area (Å²) in [6.07, 6.45) is 2.25. The Morgan fingerprint density at radius 2 is 1.70 bits per heavy atom. The maximum atomic E-state index is 13.3. The minimum absolute atomic E-state index is 0.00256. The number of aryl methyl sites for hydroxylation is 1. The number of methoxy groups -OCH3 is 3. The Labute approximate surface area is 233 Å². The molecule has 0 radical (unpaired) electrons. The Morgan fingerprint density at radius 1 is 0.975 bits per heavy atom. The van der Waals surface area contributed by atoms with Gasteiger partial charge in [-0.1, -0.05) is 6.07 Å². The minimum Gasteiger partial charge on any atom is -0.493 e. The first-order valence-corrected chi connectivity index (χ1v) is 13.2. The van der Waals surface area contributed by atoms with Crippen LogP contribution in [0.3, 0.4) is 0 Å². The first-order chi connectivity index (χ1) is 19.2. The van der Waals surface area contributed by atoms with E-state index in [9.17, 15) is 19.2 Å². The molecular weight excluding hydrogens is 518 g/mol. The number of amides is 2. The lowest BCUT2D eigenvalue weighted by Crippen LogP contribution is -2.26. The van der Waals surface area contributed by atoms with Gasteiger partial charge in [-0.05, 0) is 60.6 Å². The largest absolute Gasteiger partial charge is 0.493 e. The van der Waals surface area contributed by atoms with Crippen LogP contribution in [0, 0.1) is 0 Å². The number of benzene rings is 1. The summed E-state index contributed by atoms with van der Waals surface area (Å²) < 4.78 is 17.0. The molecule has 1 aliphatic carbocycles. The van der Waals surface area contributed by atoms with Gasteiger partial charge in [0.15, 0.2) is 11.5 Å². The normalized spacial score (nSPS) is 13.7. The fourth-order valence-corrected chi connectivity index (χ4v) is 4.88. The molecule has 1 unspecified atom stereocenters. The molecule has 4 N–H and O–H groups in total. The SMILES string of the molecule is COc1cc2c(c(OC)c1OC)-c1ccc(NCCCC(=O)NCCCC(=O)O)c(=O)cc1C(NC(C)=O)CC2. The number of ether oxygens (including phenoxy) is 3. The number of carbonyl (C=O) groups excluding carboxylic acids is 2. The van der Waals surface area contributed by atoms with Crippen LogP contribution in [0.5, 0.6) is 17.2 Å². The van der Waals surface area contributed by atoms with Gasteiger partial charge < -0.3 is 35.3 Å². The van der Waals surface area contributed by atoms with Crippen LogP contribution in [0.25, 0.3) is 11.1 Å². The Morgan fingerprint density at radius 3 is 2.35 bits per heavy atom. The smallest absolute Gasteiger partial charge is 0.303 e. The second-order valence-corrected chi connectivity index (χ2v) is 9.47. The predicted molar refractivity (Wildman–Crippen MR) is 150 cm³/mol. The lowest BCUT2D eigenvalue weighted by Gasteiger charge is -2.19. The van der Waals surface area contributed by atoms with Gasteiger partial charge in [-0.25, -0.2) is 0 Å². The number of nitrogens with one attached hydrogen (secondary N) is 3. The van der Waals surface area contributed by atoms with E-state index in [0.29, 0.717) is 67.3 Å². The third-order valence-electron chi connectivity index (χ3n) is 6.70. The number of hydrogen-bond donors (Lipinski definition) is 4. The van der Waals surface area contributed by atoms with Crippen LogP contribution >= 0.6 is 0 Å². The van der Waals surface area contributed by atoms with Gasteiger partial charge in [0.2, 0.25) is 23.0 Å². The highest BCUT2D eigenvalue weighted by Crippen LogP contribution is 2.50. The molecule has 0 spiro atoms. The van der Waals surface area contributed by atoms with Crippen LogP contribution in [0.2, 0.25) is 0 Å². The van der Waals surface area contributed by atoms with Crippen LogP contribution in [-0.2, 0) is 20.8 Å². The molecule has 0 bridgehead atoms. The third kappa shape index (κ3) is 7.43. The fourth-order valence-electron chi connectivity index (χ4n) is 4.88. The van der Waals surface area contributed by atoms with Crippen LogP contribution < -0.4 is 35.6 Å². The lowest BCUT2D eigenvalue weighted by molar-refractivity contribution is -0.137. The molecule has 0 heterocycles. The highest BCUT2D eigenvalue weighted by Gasteiger charge is 2.29. The Hall–Kier alpha value is -4.28. The van der Waals surface area contributed by atoms with Crippen molar-refractivity contribution in [1.82, 2.24) is 10.6 Å². The van der Waals surface area contributed by atoms with Crippen molar-refractivity contribution < 1.29 is 33.7 Å².